The molecule has 7 nitrogen and oxygen atoms in total. The molecule has 0 amide bonds. The number of piperazine rings is 1. The molecule has 3 rings (SSSR count). The quantitative estimate of drug-likeness (QED) is 0.843. The van der Waals surface area contributed by atoms with Gasteiger partial charge in [-0.1, -0.05) is 12.1 Å². The fourth-order valence-electron chi connectivity index (χ4n) is 2.73. The summed E-state index contributed by atoms with van der Waals surface area (Å²) in [6.45, 7) is 6.11. The Bertz CT molecular complexity index is 667. The maximum Gasteiger partial charge on any atom is 0.221 e. The molecule has 4 N–H and O–H groups in total. The highest BCUT2D eigenvalue weighted by Gasteiger charge is 2.13. The van der Waals surface area contributed by atoms with E-state index in [-0.39, 0.29) is 5.95 Å². The van der Waals surface area contributed by atoms with Crippen molar-refractivity contribution in [2.24, 2.45) is 0 Å². The van der Waals surface area contributed by atoms with Crippen LogP contribution in [0.1, 0.15) is 0 Å². The van der Waals surface area contributed by atoms with Gasteiger partial charge in [-0.25, -0.2) is 4.98 Å². The lowest BCUT2D eigenvalue weighted by atomic mass is 10.1. The number of anilines is 2. The molecule has 0 unspecified atom stereocenters. The zero-order valence-corrected chi connectivity index (χ0v) is 14.0. The van der Waals surface area contributed by atoms with Gasteiger partial charge in [-0.05, 0) is 24.7 Å². The highest BCUT2D eigenvalue weighted by Crippen LogP contribution is 2.26. The number of hydrogen-bond acceptors (Lipinski definition) is 7. The van der Waals surface area contributed by atoms with Gasteiger partial charge in [-0.3, -0.25) is 4.90 Å². The molecule has 1 fully saturated rings. The smallest absolute Gasteiger partial charge is 0.221 e. The van der Waals surface area contributed by atoms with Gasteiger partial charge in [0.2, 0.25) is 5.95 Å². The van der Waals surface area contributed by atoms with Gasteiger partial charge < -0.3 is 21.1 Å². The summed E-state index contributed by atoms with van der Waals surface area (Å²) in [5, 5.41) is 0. The third-order valence-electron chi connectivity index (χ3n) is 4.27. The molecular formula is C17H24N6O. The first-order valence-electron chi connectivity index (χ1n) is 8.14. The molecule has 1 aromatic carbocycles. The minimum Gasteiger partial charge on any atom is -0.492 e. The second-order valence-electron chi connectivity index (χ2n) is 6.04. The highest BCUT2D eigenvalue weighted by atomic mass is 16.5. The van der Waals surface area contributed by atoms with Crippen LogP contribution >= 0.6 is 0 Å². The molecule has 0 radical (unpaired) electrons. The lowest BCUT2D eigenvalue weighted by Gasteiger charge is -2.32. The Morgan fingerprint density at radius 1 is 1.08 bits per heavy atom. The molecule has 1 saturated heterocycles. The summed E-state index contributed by atoms with van der Waals surface area (Å²) < 4.78 is 5.84. The van der Waals surface area contributed by atoms with Gasteiger partial charge in [-0.15, -0.1) is 0 Å². The molecule has 0 aliphatic carbocycles. The molecule has 128 valence electrons. The molecule has 0 saturated carbocycles. The molecule has 0 spiro atoms. The average molecular weight is 328 g/mol. The maximum atomic E-state index is 5.89. The van der Waals surface area contributed by atoms with Crippen molar-refractivity contribution in [3.8, 4) is 16.9 Å². The lowest BCUT2D eigenvalue weighted by molar-refractivity contribution is 0.134. The van der Waals surface area contributed by atoms with E-state index in [0.29, 0.717) is 12.4 Å². The van der Waals surface area contributed by atoms with E-state index in [1.54, 1.807) is 6.20 Å². The Morgan fingerprint density at radius 2 is 1.79 bits per heavy atom. The van der Waals surface area contributed by atoms with Crippen LogP contribution in [0.3, 0.4) is 0 Å². The Balaban J connectivity index is 1.53. The highest BCUT2D eigenvalue weighted by molar-refractivity contribution is 5.73. The number of nitrogens with two attached hydrogens (primary N) is 2. The van der Waals surface area contributed by atoms with E-state index in [1.165, 1.54) is 0 Å². The summed E-state index contributed by atoms with van der Waals surface area (Å²) >= 11 is 0. The van der Waals surface area contributed by atoms with Crippen LogP contribution in [0.25, 0.3) is 11.1 Å². The van der Waals surface area contributed by atoms with Crippen LogP contribution in [-0.2, 0) is 0 Å². The Labute approximate surface area is 142 Å². The minimum absolute atomic E-state index is 0.181. The monoisotopic (exact) mass is 328 g/mol. The third kappa shape index (κ3) is 4.12. The van der Waals surface area contributed by atoms with Crippen LogP contribution in [0.5, 0.6) is 5.75 Å². The number of likely N-dealkylation sites (N-methyl/N-ethyl adjacent to an activating group) is 1. The number of rotatable bonds is 5. The second-order valence-corrected chi connectivity index (χ2v) is 6.04. The Hall–Kier alpha value is -2.38. The normalized spacial score (nSPS) is 16.2. The van der Waals surface area contributed by atoms with Crippen LogP contribution in [-0.4, -0.2) is 66.1 Å². The number of nitrogens with zero attached hydrogens (tertiary/aromatic N) is 4. The zero-order chi connectivity index (χ0) is 16.9. The maximum absolute atomic E-state index is 5.89. The number of aromatic nitrogens is 2. The summed E-state index contributed by atoms with van der Waals surface area (Å²) in [7, 11) is 2.16. The van der Waals surface area contributed by atoms with Crippen molar-refractivity contribution in [2.75, 3.05) is 57.8 Å². The topological polar surface area (TPSA) is 93.5 Å². The summed E-state index contributed by atoms with van der Waals surface area (Å²) in [6.07, 6.45) is 1.64. The molecule has 1 aromatic heterocycles. The molecule has 2 aromatic rings. The third-order valence-corrected chi connectivity index (χ3v) is 4.27. The summed E-state index contributed by atoms with van der Waals surface area (Å²) in [4.78, 5) is 12.8. The molecular weight excluding hydrogens is 304 g/mol. The SMILES string of the molecule is CN1CCN(CCOc2ccc(-c3cnc(N)nc3N)cc2)CC1. The Morgan fingerprint density at radius 3 is 2.46 bits per heavy atom. The predicted octanol–water partition coefficient (Wildman–Crippen LogP) is 0.934. The van der Waals surface area contributed by atoms with Crippen molar-refractivity contribution in [1.29, 1.82) is 0 Å². The van der Waals surface area contributed by atoms with Gasteiger partial charge >= 0.3 is 0 Å². The van der Waals surface area contributed by atoms with Gasteiger partial charge in [0.25, 0.3) is 0 Å². The fourth-order valence-corrected chi connectivity index (χ4v) is 2.73. The van der Waals surface area contributed by atoms with E-state index in [9.17, 15) is 0 Å². The van der Waals surface area contributed by atoms with Gasteiger partial charge in [0.15, 0.2) is 0 Å². The number of ether oxygens (including phenoxy) is 1. The van der Waals surface area contributed by atoms with Crippen molar-refractivity contribution in [2.45, 2.75) is 0 Å². The van der Waals surface area contributed by atoms with Gasteiger partial charge in [0.1, 0.15) is 18.2 Å². The number of nitrogen functional groups attached to an aromatic ring is 2. The zero-order valence-electron chi connectivity index (χ0n) is 14.0. The van der Waals surface area contributed by atoms with Gasteiger partial charge in [0, 0.05) is 44.5 Å². The van der Waals surface area contributed by atoms with Crippen molar-refractivity contribution in [3.63, 3.8) is 0 Å². The van der Waals surface area contributed by atoms with E-state index in [2.05, 4.69) is 26.8 Å². The largest absolute Gasteiger partial charge is 0.492 e. The molecule has 24 heavy (non-hydrogen) atoms. The molecule has 7 heteroatoms. The van der Waals surface area contributed by atoms with E-state index >= 15 is 0 Å². The molecule has 0 atom stereocenters. The van der Waals surface area contributed by atoms with E-state index in [1.807, 2.05) is 24.3 Å². The average Bonchev–Trinajstić information content (AvgIpc) is 2.58. The predicted molar refractivity (Wildman–Crippen MR) is 95.7 cm³/mol. The van der Waals surface area contributed by atoms with Crippen LogP contribution in [0.15, 0.2) is 30.5 Å². The number of benzene rings is 1. The van der Waals surface area contributed by atoms with Gasteiger partial charge in [0.05, 0.1) is 0 Å². The van der Waals surface area contributed by atoms with Crippen LogP contribution in [0, 0.1) is 0 Å². The van der Waals surface area contributed by atoms with E-state index in [0.717, 1.165) is 49.6 Å². The van der Waals surface area contributed by atoms with Crippen molar-refractivity contribution >= 4 is 11.8 Å². The second kappa shape index (κ2) is 7.46. The number of hydrogen-bond donors (Lipinski definition) is 2. The summed E-state index contributed by atoms with van der Waals surface area (Å²) in [6, 6.07) is 7.79. The Kier molecular flexibility index (Phi) is 5.12. The first kappa shape index (κ1) is 16.5. The summed E-state index contributed by atoms with van der Waals surface area (Å²) in [5.41, 5.74) is 13.1. The molecule has 1 aliphatic heterocycles. The minimum atomic E-state index is 0.181. The van der Waals surface area contributed by atoms with Crippen molar-refractivity contribution < 1.29 is 4.74 Å². The lowest BCUT2D eigenvalue weighted by Crippen LogP contribution is -2.45. The molecule has 1 aliphatic rings. The van der Waals surface area contributed by atoms with E-state index in [4.69, 9.17) is 16.2 Å². The standard InChI is InChI=1S/C17H24N6O/c1-22-6-8-23(9-7-22)10-11-24-14-4-2-13(3-5-14)15-12-20-17(19)21-16(15)18/h2-5,12H,6-11H2,1H3,(H4,18,19,20,21). The first-order chi connectivity index (χ1) is 11.6. The van der Waals surface area contributed by atoms with Crippen molar-refractivity contribution in [1.82, 2.24) is 19.8 Å². The van der Waals surface area contributed by atoms with Crippen molar-refractivity contribution in [3.05, 3.63) is 30.5 Å². The fraction of sp³-hybridized carbons (Fsp3) is 0.412. The van der Waals surface area contributed by atoms with E-state index < -0.39 is 0 Å². The first-order valence-corrected chi connectivity index (χ1v) is 8.14. The molecule has 0 bridgehead atoms. The van der Waals surface area contributed by atoms with Crippen LogP contribution < -0.4 is 16.2 Å². The van der Waals surface area contributed by atoms with Crippen LogP contribution in [0.4, 0.5) is 11.8 Å². The van der Waals surface area contributed by atoms with Gasteiger partial charge in [-0.2, -0.15) is 4.98 Å². The summed E-state index contributed by atoms with van der Waals surface area (Å²) in [5.74, 6) is 1.41. The molecule has 2 heterocycles. The van der Waals surface area contributed by atoms with Crippen LogP contribution in [0.2, 0.25) is 0 Å².